The number of rotatable bonds is 2. The molecule has 1 saturated heterocycles. The van der Waals surface area contributed by atoms with E-state index in [1.165, 1.54) is 0 Å². The second-order valence-electron chi connectivity index (χ2n) is 11.4. The number of hydrogen-bond acceptors (Lipinski definition) is 5. The number of piperidine rings is 1. The summed E-state index contributed by atoms with van der Waals surface area (Å²) >= 11 is 0. The third-order valence-corrected chi connectivity index (χ3v) is 7.95. The number of benzene rings is 1. The van der Waals surface area contributed by atoms with Gasteiger partial charge in [-0.3, -0.25) is 9.59 Å². The van der Waals surface area contributed by atoms with Crippen molar-refractivity contribution in [3.8, 4) is 0 Å². The molecule has 0 radical (unpaired) electrons. The SMILES string of the molecule is Cc1c(CC(=O)N2CC3CC(C2)c2cccc(=O)n2C3)c(=O)oc2cc3occ(C(C)(C)C)c3cc12. The number of carbonyl (C=O) groups is 1. The number of amides is 1. The molecule has 7 heteroatoms. The van der Waals surface area contributed by atoms with Crippen molar-refractivity contribution in [2.24, 2.45) is 5.92 Å². The number of hydrogen-bond donors (Lipinski definition) is 0. The predicted molar refractivity (Wildman–Crippen MR) is 138 cm³/mol. The van der Waals surface area contributed by atoms with Gasteiger partial charge in [-0.15, -0.1) is 0 Å². The van der Waals surface area contributed by atoms with Crippen LogP contribution in [0.15, 0.2) is 55.0 Å². The Hall–Kier alpha value is -3.61. The Morgan fingerprint density at radius 2 is 1.86 bits per heavy atom. The third-order valence-electron chi connectivity index (χ3n) is 7.95. The summed E-state index contributed by atoms with van der Waals surface area (Å²) in [5.74, 6) is 0.292. The van der Waals surface area contributed by atoms with E-state index >= 15 is 0 Å². The van der Waals surface area contributed by atoms with Gasteiger partial charge >= 0.3 is 5.63 Å². The molecule has 3 aromatic heterocycles. The van der Waals surface area contributed by atoms with Crippen LogP contribution in [-0.4, -0.2) is 28.5 Å². The highest BCUT2D eigenvalue weighted by atomic mass is 16.4. The minimum atomic E-state index is -0.482. The van der Waals surface area contributed by atoms with Gasteiger partial charge in [-0.25, -0.2) is 4.79 Å². The van der Waals surface area contributed by atoms with Crippen LogP contribution in [0.25, 0.3) is 21.9 Å². The standard InChI is InChI=1S/C29H30N2O5/c1-16-19-9-21-22(29(2,3)4)15-35-24(21)11-25(19)36-28(34)20(16)10-27(33)30-12-17-8-18(14-30)23-6-5-7-26(32)31(23)13-17/h5-7,9,11,15,17-18H,8,10,12-14H2,1-4H3. The van der Waals surface area contributed by atoms with Gasteiger partial charge in [-0.05, 0) is 42.4 Å². The summed E-state index contributed by atoms with van der Waals surface area (Å²) in [6.07, 6.45) is 2.74. The van der Waals surface area contributed by atoms with Gasteiger partial charge in [-0.2, -0.15) is 0 Å². The second-order valence-corrected chi connectivity index (χ2v) is 11.4. The van der Waals surface area contributed by atoms with Crippen LogP contribution in [0.2, 0.25) is 0 Å². The van der Waals surface area contributed by atoms with E-state index in [0.29, 0.717) is 36.4 Å². The van der Waals surface area contributed by atoms with Crippen molar-refractivity contribution in [3.05, 3.63) is 79.8 Å². The van der Waals surface area contributed by atoms with E-state index in [2.05, 4.69) is 20.8 Å². The van der Waals surface area contributed by atoms with E-state index in [-0.39, 0.29) is 35.1 Å². The van der Waals surface area contributed by atoms with Crippen LogP contribution >= 0.6 is 0 Å². The lowest BCUT2D eigenvalue weighted by Gasteiger charge is -2.42. The van der Waals surface area contributed by atoms with Crippen LogP contribution in [0.1, 0.15) is 55.5 Å². The normalized spacial score (nSPS) is 19.6. The number of aromatic nitrogens is 1. The molecule has 7 nitrogen and oxygen atoms in total. The zero-order valence-electron chi connectivity index (χ0n) is 21.1. The Kier molecular flexibility index (Phi) is 5.04. The molecular weight excluding hydrogens is 456 g/mol. The summed E-state index contributed by atoms with van der Waals surface area (Å²) in [6, 6.07) is 9.16. The van der Waals surface area contributed by atoms with E-state index < -0.39 is 5.63 Å². The number of fused-ring (bicyclic) bond motifs is 6. The smallest absolute Gasteiger partial charge is 0.340 e. The van der Waals surface area contributed by atoms with Crippen molar-refractivity contribution in [2.45, 2.75) is 58.4 Å². The van der Waals surface area contributed by atoms with Gasteiger partial charge in [0.25, 0.3) is 5.56 Å². The maximum atomic E-state index is 13.4. The monoisotopic (exact) mass is 486 g/mol. The van der Waals surface area contributed by atoms with Gasteiger partial charge < -0.3 is 18.3 Å². The maximum absolute atomic E-state index is 13.4. The molecular formula is C29H30N2O5. The highest BCUT2D eigenvalue weighted by Crippen LogP contribution is 2.37. The molecule has 0 N–H and O–H groups in total. The zero-order valence-corrected chi connectivity index (χ0v) is 21.1. The molecule has 2 bridgehead atoms. The van der Waals surface area contributed by atoms with Crippen LogP contribution in [0, 0.1) is 12.8 Å². The van der Waals surface area contributed by atoms with E-state index in [9.17, 15) is 14.4 Å². The van der Waals surface area contributed by atoms with Gasteiger partial charge in [0.15, 0.2) is 0 Å². The number of pyridine rings is 1. The number of carbonyl (C=O) groups excluding carboxylic acids is 1. The van der Waals surface area contributed by atoms with E-state index in [1.54, 1.807) is 24.5 Å². The fourth-order valence-electron chi connectivity index (χ4n) is 6.06. The molecule has 0 saturated carbocycles. The molecule has 2 unspecified atom stereocenters. The average Bonchev–Trinajstić information content (AvgIpc) is 3.24. The third kappa shape index (κ3) is 3.60. The van der Waals surface area contributed by atoms with Crippen LogP contribution in [0.5, 0.6) is 0 Å². The Balaban J connectivity index is 1.33. The highest BCUT2D eigenvalue weighted by Gasteiger charge is 2.36. The first-order chi connectivity index (χ1) is 17.1. The van der Waals surface area contributed by atoms with E-state index in [4.69, 9.17) is 8.83 Å². The fraction of sp³-hybridized carbons (Fsp3) is 0.414. The van der Waals surface area contributed by atoms with Crippen LogP contribution in [0.3, 0.4) is 0 Å². The van der Waals surface area contributed by atoms with Gasteiger partial charge in [-0.1, -0.05) is 26.8 Å². The molecule has 2 atom stereocenters. The van der Waals surface area contributed by atoms with E-state index in [1.807, 2.05) is 28.5 Å². The Labute approximate surface area is 208 Å². The molecule has 1 aromatic carbocycles. The van der Waals surface area contributed by atoms with Gasteiger partial charge in [0.2, 0.25) is 5.91 Å². The largest absolute Gasteiger partial charge is 0.464 e. The molecule has 4 aromatic rings. The zero-order chi connectivity index (χ0) is 25.4. The summed E-state index contributed by atoms with van der Waals surface area (Å²) in [5.41, 5.74) is 3.84. The summed E-state index contributed by atoms with van der Waals surface area (Å²) in [4.78, 5) is 40.6. The van der Waals surface area contributed by atoms with Crippen molar-refractivity contribution in [3.63, 3.8) is 0 Å². The lowest BCUT2D eigenvalue weighted by Crippen LogP contribution is -2.49. The molecule has 6 rings (SSSR count). The van der Waals surface area contributed by atoms with Crippen molar-refractivity contribution in [1.29, 1.82) is 0 Å². The number of likely N-dealkylation sites (tertiary alicyclic amines) is 1. The summed E-state index contributed by atoms with van der Waals surface area (Å²) in [6.45, 7) is 10.1. The maximum Gasteiger partial charge on any atom is 0.340 e. The summed E-state index contributed by atoms with van der Waals surface area (Å²) in [5, 5.41) is 1.81. The first kappa shape index (κ1) is 22.8. The highest BCUT2D eigenvalue weighted by molar-refractivity contribution is 5.97. The molecule has 1 amide bonds. The van der Waals surface area contributed by atoms with Gasteiger partial charge in [0.05, 0.1) is 18.2 Å². The number of nitrogens with zero attached hydrogens (tertiary/aromatic N) is 2. The quantitative estimate of drug-likeness (QED) is 0.390. The topological polar surface area (TPSA) is 85.7 Å². The predicted octanol–water partition coefficient (Wildman–Crippen LogP) is 4.50. The molecule has 2 aliphatic heterocycles. The Morgan fingerprint density at radius 3 is 2.64 bits per heavy atom. The lowest BCUT2D eigenvalue weighted by atomic mass is 9.83. The second kappa shape index (κ2) is 7.95. The van der Waals surface area contributed by atoms with Gasteiger partial charge in [0, 0.05) is 59.7 Å². The first-order valence-electron chi connectivity index (χ1n) is 12.6. The minimum absolute atomic E-state index is 0.000688. The first-order valence-corrected chi connectivity index (χ1v) is 12.6. The van der Waals surface area contributed by atoms with Crippen molar-refractivity contribution >= 4 is 27.8 Å². The van der Waals surface area contributed by atoms with Crippen molar-refractivity contribution in [1.82, 2.24) is 9.47 Å². The Bertz CT molecular complexity index is 1650. The number of furan rings is 1. The summed E-state index contributed by atoms with van der Waals surface area (Å²) in [7, 11) is 0. The van der Waals surface area contributed by atoms with Crippen molar-refractivity contribution < 1.29 is 13.6 Å². The van der Waals surface area contributed by atoms with E-state index in [0.717, 1.165) is 34.0 Å². The Morgan fingerprint density at radius 1 is 1.06 bits per heavy atom. The fourth-order valence-corrected chi connectivity index (χ4v) is 6.06. The number of aryl methyl sites for hydroxylation is 1. The molecule has 0 spiro atoms. The molecule has 36 heavy (non-hydrogen) atoms. The molecule has 5 heterocycles. The minimum Gasteiger partial charge on any atom is -0.464 e. The average molecular weight is 487 g/mol. The lowest BCUT2D eigenvalue weighted by molar-refractivity contribution is -0.133. The summed E-state index contributed by atoms with van der Waals surface area (Å²) < 4.78 is 13.3. The molecule has 0 aliphatic carbocycles. The van der Waals surface area contributed by atoms with Crippen molar-refractivity contribution in [2.75, 3.05) is 13.1 Å². The van der Waals surface area contributed by atoms with Gasteiger partial charge in [0.1, 0.15) is 11.2 Å². The van der Waals surface area contributed by atoms with Crippen LogP contribution in [0.4, 0.5) is 0 Å². The van der Waals surface area contributed by atoms with Crippen LogP contribution < -0.4 is 11.2 Å². The molecule has 2 aliphatic rings. The van der Waals surface area contributed by atoms with Crippen LogP contribution in [-0.2, 0) is 23.2 Å². The molecule has 1 fully saturated rings. The molecule has 186 valence electrons.